The van der Waals surface area contributed by atoms with Gasteiger partial charge in [0.15, 0.2) is 0 Å². The monoisotopic (exact) mass is 402 g/mol. The number of amides is 2. The van der Waals surface area contributed by atoms with Gasteiger partial charge >= 0.3 is 0 Å². The molecule has 0 aliphatic rings. The van der Waals surface area contributed by atoms with Crippen molar-refractivity contribution in [2.45, 2.75) is 32.9 Å². The van der Waals surface area contributed by atoms with Crippen molar-refractivity contribution in [3.8, 4) is 0 Å². The van der Waals surface area contributed by atoms with Gasteiger partial charge in [-0.3, -0.25) is 9.59 Å². The van der Waals surface area contributed by atoms with Crippen LogP contribution in [0.5, 0.6) is 0 Å². The van der Waals surface area contributed by atoms with Gasteiger partial charge in [0.25, 0.3) is 0 Å². The molecule has 0 bridgehead atoms. The highest BCUT2D eigenvalue weighted by atomic mass is 79.9. The molecule has 2 aromatic rings. The average Bonchev–Trinajstić information content (AvgIpc) is 2.58. The molecule has 0 radical (unpaired) electrons. The van der Waals surface area contributed by atoms with Gasteiger partial charge in [0.05, 0.1) is 0 Å². The highest BCUT2D eigenvalue weighted by molar-refractivity contribution is 9.10. The van der Waals surface area contributed by atoms with Gasteiger partial charge in [0.1, 0.15) is 6.04 Å². The second-order valence-electron chi connectivity index (χ2n) is 6.36. The standard InChI is InChI=1S/C20H23BrN2O2/c1-14(2)11-18(24)23-19(16-8-4-3-5-9-16)20(25)22-13-15-7-6-10-17(21)12-15/h3-10,12,14,19H,11,13H2,1-2H3,(H,22,25)(H,23,24). The minimum atomic E-state index is -0.695. The van der Waals surface area contributed by atoms with Gasteiger partial charge in [-0.05, 0) is 29.2 Å². The first-order chi connectivity index (χ1) is 12.0. The molecule has 0 fully saturated rings. The average molecular weight is 403 g/mol. The molecule has 0 saturated carbocycles. The lowest BCUT2D eigenvalue weighted by Crippen LogP contribution is -2.40. The molecule has 5 heteroatoms. The predicted octanol–water partition coefficient (Wildman–Crippen LogP) is 3.97. The van der Waals surface area contributed by atoms with Crippen molar-refractivity contribution in [2.24, 2.45) is 5.92 Å². The molecule has 4 nitrogen and oxygen atoms in total. The first-order valence-electron chi connectivity index (χ1n) is 8.32. The summed E-state index contributed by atoms with van der Waals surface area (Å²) in [5, 5.41) is 5.76. The molecule has 2 N–H and O–H groups in total. The molecule has 0 heterocycles. The summed E-state index contributed by atoms with van der Waals surface area (Å²) in [4.78, 5) is 24.8. The number of hydrogen-bond donors (Lipinski definition) is 2. The second-order valence-corrected chi connectivity index (χ2v) is 7.27. The van der Waals surface area contributed by atoms with Crippen molar-refractivity contribution < 1.29 is 9.59 Å². The van der Waals surface area contributed by atoms with Crippen molar-refractivity contribution in [1.82, 2.24) is 10.6 Å². The summed E-state index contributed by atoms with van der Waals surface area (Å²) in [5.74, 6) is -0.106. The number of rotatable bonds is 7. The molecule has 2 aromatic carbocycles. The quantitative estimate of drug-likeness (QED) is 0.735. The zero-order chi connectivity index (χ0) is 18.2. The van der Waals surface area contributed by atoms with Crippen LogP contribution in [0.1, 0.15) is 37.4 Å². The lowest BCUT2D eigenvalue weighted by atomic mass is 10.0. The van der Waals surface area contributed by atoms with Crippen molar-refractivity contribution in [2.75, 3.05) is 0 Å². The highest BCUT2D eigenvalue weighted by Crippen LogP contribution is 2.15. The van der Waals surface area contributed by atoms with Crippen LogP contribution in [0.2, 0.25) is 0 Å². The van der Waals surface area contributed by atoms with Gasteiger partial charge in [0, 0.05) is 17.4 Å². The lowest BCUT2D eigenvalue weighted by Gasteiger charge is -2.19. The van der Waals surface area contributed by atoms with Gasteiger partial charge < -0.3 is 10.6 Å². The Kier molecular flexibility index (Phi) is 7.19. The van der Waals surface area contributed by atoms with Gasteiger partial charge in [-0.15, -0.1) is 0 Å². The van der Waals surface area contributed by atoms with Gasteiger partial charge in [0.2, 0.25) is 11.8 Å². The van der Waals surface area contributed by atoms with E-state index >= 15 is 0 Å². The Labute approximate surface area is 157 Å². The van der Waals surface area contributed by atoms with Crippen molar-refractivity contribution in [3.05, 3.63) is 70.2 Å². The molecule has 1 atom stereocenters. The minimum Gasteiger partial charge on any atom is -0.350 e. The Balaban J connectivity index is 2.08. The summed E-state index contributed by atoms with van der Waals surface area (Å²) >= 11 is 3.42. The summed E-state index contributed by atoms with van der Waals surface area (Å²) in [6.07, 6.45) is 0.391. The van der Waals surface area contributed by atoms with Gasteiger partial charge in [-0.25, -0.2) is 0 Å². The fraction of sp³-hybridized carbons (Fsp3) is 0.300. The maximum Gasteiger partial charge on any atom is 0.247 e. The van der Waals surface area contributed by atoms with Crippen LogP contribution in [0.25, 0.3) is 0 Å². The molecular weight excluding hydrogens is 380 g/mol. The predicted molar refractivity (Wildman–Crippen MR) is 103 cm³/mol. The number of halogens is 1. The van der Waals surface area contributed by atoms with Crippen LogP contribution in [-0.2, 0) is 16.1 Å². The summed E-state index contributed by atoms with van der Waals surface area (Å²) < 4.78 is 0.962. The largest absolute Gasteiger partial charge is 0.350 e. The van der Waals surface area contributed by atoms with Crippen LogP contribution in [0.4, 0.5) is 0 Å². The van der Waals surface area contributed by atoms with Crippen molar-refractivity contribution in [1.29, 1.82) is 0 Å². The van der Waals surface area contributed by atoms with E-state index in [0.717, 1.165) is 15.6 Å². The van der Waals surface area contributed by atoms with Crippen molar-refractivity contribution in [3.63, 3.8) is 0 Å². The lowest BCUT2D eigenvalue weighted by molar-refractivity contribution is -0.129. The number of benzene rings is 2. The summed E-state index contributed by atoms with van der Waals surface area (Å²) in [7, 11) is 0. The van der Waals surface area contributed by atoms with Crippen LogP contribution in [-0.4, -0.2) is 11.8 Å². The number of nitrogens with one attached hydrogen (secondary N) is 2. The van der Waals surface area contributed by atoms with E-state index < -0.39 is 6.04 Å². The maximum absolute atomic E-state index is 12.7. The van der Waals surface area contributed by atoms with E-state index in [4.69, 9.17) is 0 Å². The topological polar surface area (TPSA) is 58.2 Å². The van der Waals surface area contributed by atoms with Crippen molar-refractivity contribution >= 4 is 27.7 Å². The summed E-state index contributed by atoms with van der Waals surface area (Å²) in [6.45, 7) is 4.36. The maximum atomic E-state index is 12.7. The Morgan fingerprint density at radius 1 is 1.04 bits per heavy atom. The molecule has 0 spiro atoms. The molecule has 132 valence electrons. The minimum absolute atomic E-state index is 0.124. The van der Waals surface area contributed by atoms with Crippen LogP contribution in [0, 0.1) is 5.92 Å². The Morgan fingerprint density at radius 2 is 1.76 bits per heavy atom. The van der Waals surface area contributed by atoms with E-state index in [0.29, 0.717) is 13.0 Å². The zero-order valence-corrected chi connectivity index (χ0v) is 16.0. The van der Waals surface area contributed by atoms with E-state index in [-0.39, 0.29) is 17.7 Å². The molecule has 0 saturated heterocycles. The van der Waals surface area contributed by atoms with Gasteiger partial charge in [-0.1, -0.05) is 72.2 Å². The zero-order valence-electron chi connectivity index (χ0n) is 14.5. The third-order valence-corrected chi connectivity index (χ3v) is 4.14. The van der Waals surface area contributed by atoms with Crippen LogP contribution in [0.15, 0.2) is 59.1 Å². The first kappa shape index (κ1) is 19.2. The highest BCUT2D eigenvalue weighted by Gasteiger charge is 2.22. The van der Waals surface area contributed by atoms with E-state index in [9.17, 15) is 9.59 Å². The molecule has 0 aliphatic heterocycles. The second kappa shape index (κ2) is 9.37. The molecule has 0 aliphatic carbocycles. The number of hydrogen-bond acceptors (Lipinski definition) is 2. The fourth-order valence-corrected chi connectivity index (χ4v) is 2.92. The first-order valence-corrected chi connectivity index (χ1v) is 9.11. The number of carbonyl (C=O) groups excluding carboxylic acids is 2. The molecule has 1 unspecified atom stereocenters. The van der Waals surface area contributed by atoms with E-state index in [2.05, 4.69) is 26.6 Å². The summed E-state index contributed by atoms with van der Waals surface area (Å²) in [6, 6.07) is 16.4. The molecule has 25 heavy (non-hydrogen) atoms. The van der Waals surface area contributed by atoms with E-state index in [1.165, 1.54) is 0 Å². The molecule has 2 amide bonds. The fourth-order valence-electron chi connectivity index (χ4n) is 2.47. The Morgan fingerprint density at radius 3 is 2.40 bits per heavy atom. The van der Waals surface area contributed by atoms with Crippen LogP contribution >= 0.6 is 15.9 Å². The Bertz CT molecular complexity index is 717. The third kappa shape index (κ3) is 6.35. The van der Waals surface area contributed by atoms with Crippen LogP contribution < -0.4 is 10.6 Å². The van der Waals surface area contributed by atoms with Crippen LogP contribution in [0.3, 0.4) is 0 Å². The normalized spacial score (nSPS) is 11.8. The van der Waals surface area contributed by atoms with Gasteiger partial charge in [-0.2, -0.15) is 0 Å². The van der Waals surface area contributed by atoms with E-state index in [1.807, 2.05) is 68.4 Å². The molecule has 2 rings (SSSR count). The molecular formula is C20H23BrN2O2. The third-order valence-electron chi connectivity index (χ3n) is 3.65. The smallest absolute Gasteiger partial charge is 0.247 e. The van der Waals surface area contributed by atoms with E-state index in [1.54, 1.807) is 0 Å². The number of carbonyl (C=O) groups is 2. The SMILES string of the molecule is CC(C)CC(=O)NC(C(=O)NCc1cccc(Br)c1)c1ccccc1. The Hall–Kier alpha value is -2.14. The molecule has 0 aromatic heterocycles. The summed E-state index contributed by atoms with van der Waals surface area (Å²) in [5.41, 5.74) is 1.76.